The van der Waals surface area contributed by atoms with Crippen LogP contribution in [0.5, 0.6) is 0 Å². The van der Waals surface area contributed by atoms with Gasteiger partial charge < -0.3 is 5.43 Å². The van der Waals surface area contributed by atoms with Crippen molar-refractivity contribution in [3.05, 3.63) is 18.5 Å². The summed E-state index contributed by atoms with van der Waals surface area (Å²) in [5, 5.41) is 0. The van der Waals surface area contributed by atoms with E-state index in [-0.39, 0.29) is 10.9 Å². The molecule has 118 valence electrons. The number of hydrogen-bond acceptors (Lipinski definition) is 5. The van der Waals surface area contributed by atoms with Crippen molar-refractivity contribution in [3.63, 3.8) is 0 Å². The number of nitrogen functional groups attached to an aromatic ring is 1. The molecule has 1 heterocycles. The monoisotopic (exact) mass is 312 g/mol. The normalized spacial score (nSPS) is 18.4. The third-order valence-electron chi connectivity index (χ3n) is 4.19. The molecule has 4 N–H and O–H groups in total. The summed E-state index contributed by atoms with van der Waals surface area (Å²) in [7, 11) is -3.62. The first-order valence-corrected chi connectivity index (χ1v) is 8.99. The fraction of sp³-hybridized carbons (Fsp3) is 0.643. The average Bonchev–Trinajstić information content (AvgIpc) is 2.53. The Balaban J connectivity index is 2.18. The molecule has 1 aromatic heterocycles. The maximum Gasteiger partial charge on any atom is 0.244 e. The Kier molecular flexibility index (Phi) is 5.55. The smallest absolute Gasteiger partial charge is 0.244 e. The Bertz CT molecular complexity index is 556. The molecule has 0 radical (unpaired) electrons. The van der Waals surface area contributed by atoms with Crippen LogP contribution in [0.2, 0.25) is 0 Å². The van der Waals surface area contributed by atoms with E-state index in [1.807, 2.05) is 6.92 Å². The van der Waals surface area contributed by atoms with Crippen LogP contribution in [0, 0.1) is 5.92 Å². The zero-order valence-electron chi connectivity index (χ0n) is 12.4. The van der Waals surface area contributed by atoms with Crippen LogP contribution in [0.3, 0.4) is 0 Å². The first kappa shape index (κ1) is 16.2. The summed E-state index contributed by atoms with van der Waals surface area (Å²) < 4.78 is 28.0. The standard InChI is InChI=1S/C14H24N4O2S/c1-2-12(11-6-4-3-5-7-11)18-21(19,20)14-10-16-9-8-13(14)17-15/h8-12,18H,2-7,15H2,1H3,(H,16,17). The average molecular weight is 312 g/mol. The van der Waals surface area contributed by atoms with Crippen molar-refractivity contribution >= 4 is 15.7 Å². The number of rotatable bonds is 6. The summed E-state index contributed by atoms with van der Waals surface area (Å²) in [6.07, 6.45) is 9.43. The van der Waals surface area contributed by atoms with Gasteiger partial charge in [0.25, 0.3) is 0 Å². The van der Waals surface area contributed by atoms with Crippen LogP contribution >= 0.6 is 0 Å². The summed E-state index contributed by atoms with van der Waals surface area (Å²) >= 11 is 0. The highest BCUT2D eigenvalue weighted by atomic mass is 32.2. The van der Waals surface area contributed by atoms with Gasteiger partial charge in [0.1, 0.15) is 4.90 Å². The molecule has 6 nitrogen and oxygen atoms in total. The van der Waals surface area contributed by atoms with Crippen LogP contribution in [-0.4, -0.2) is 19.4 Å². The highest BCUT2D eigenvalue weighted by molar-refractivity contribution is 7.89. The molecule has 1 atom stereocenters. The predicted octanol–water partition coefficient (Wildman–Crippen LogP) is 2.00. The number of nitrogens with zero attached hydrogens (tertiary/aromatic N) is 1. The van der Waals surface area contributed by atoms with Crippen LogP contribution in [0.4, 0.5) is 5.69 Å². The summed E-state index contributed by atoms with van der Waals surface area (Å²) in [4.78, 5) is 3.99. The van der Waals surface area contributed by atoms with E-state index in [0.717, 1.165) is 19.3 Å². The van der Waals surface area contributed by atoms with Crippen LogP contribution < -0.4 is 16.0 Å². The topological polar surface area (TPSA) is 97.1 Å². The summed E-state index contributed by atoms with van der Waals surface area (Å²) in [5.41, 5.74) is 2.77. The Hall–Kier alpha value is -1.18. The molecule has 0 spiro atoms. The lowest BCUT2D eigenvalue weighted by molar-refractivity contribution is 0.285. The molecule has 1 fully saturated rings. The second-order valence-electron chi connectivity index (χ2n) is 5.55. The second-order valence-corrected chi connectivity index (χ2v) is 7.23. The maximum atomic E-state index is 12.6. The molecular weight excluding hydrogens is 288 g/mol. The van der Waals surface area contributed by atoms with Crippen molar-refractivity contribution in [3.8, 4) is 0 Å². The fourth-order valence-corrected chi connectivity index (χ4v) is 4.53. The van der Waals surface area contributed by atoms with Gasteiger partial charge in [0, 0.05) is 18.4 Å². The molecule has 1 unspecified atom stereocenters. The van der Waals surface area contributed by atoms with Crippen LogP contribution in [0.15, 0.2) is 23.4 Å². The van der Waals surface area contributed by atoms with Gasteiger partial charge in [0.2, 0.25) is 10.0 Å². The SMILES string of the molecule is CCC(NS(=O)(=O)c1cnccc1NN)C1CCCCC1. The van der Waals surface area contributed by atoms with Crippen LogP contribution in [0.1, 0.15) is 45.4 Å². The molecule has 1 aliphatic carbocycles. The fourth-order valence-electron chi connectivity index (χ4n) is 3.03. The minimum Gasteiger partial charge on any atom is -0.323 e. The first-order chi connectivity index (χ1) is 10.1. The Morgan fingerprint density at radius 2 is 2.10 bits per heavy atom. The molecule has 21 heavy (non-hydrogen) atoms. The number of anilines is 1. The van der Waals surface area contributed by atoms with Gasteiger partial charge in [0.05, 0.1) is 5.69 Å². The zero-order chi connectivity index (χ0) is 15.3. The van der Waals surface area contributed by atoms with Gasteiger partial charge in [-0.1, -0.05) is 26.2 Å². The first-order valence-electron chi connectivity index (χ1n) is 7.51. The Labute approximate surface area is 126 Å². The molecule has 2 rings (SSSR count). The molecule has 1 aromatic rings. The van der Waals surface area contributed by atoms with Crippen molar-refractivity contribution in [1.29, 1.82) is 0 Å². The second kappa shape index (κ2) is 7.20. The van der Waals surface area contributed by atoms with Gasteiger partial charge >= 0.3 is 0 Å². The molecule has 0 aliphatic heterocycles. The lowest BCUT2D eigenvalue weighted by Gasteiger charge is -2.30. The number of nitrogens with two attached hydrogens (primary N) is 1. The number of aromatic nitrogens is 1. The van der Waals surface area contributed by atoms with Crippen molar-refractivity contribution < 1.29 is 8.42 Å². The van der Waals surface area contributed by atoms with Gasteiger partial charge in [-0.15, -0.1) is 0 Å². The van der Waals surface area contributed by atoms with E-state index in [1.165, 1.54) is 31.7 Å². The number of hydrogen-bond donors (Lipinski definition) is 3. The van der Waals surface area contributed by atoms with Gasteiger partial charge in [-0.3, -0.25) is 10.8 Å². The van der Waals surface area contributed by atoms with Gasteiger partial charge in [-0.2, -0.15) is 0 Å². The highest BCUT2D eigenvalue weighted by Crippen LogP contribution is 2.29. The molecule has 0 bridgehead atoms. The number of nitrogens with one attached hydrogen (secondary N) is 2. The van der Waals surface area contributed by atoms with Crippen molar-refractivity contribution in [2.24, 2.45) is 11.8 Å². The summed E-state index contributed by atoms with van der Waals surface area (Å²) in [6.45, 7) is 2.02. The van der Waals surface area contributed by atoms with Crippen molar-refractivity contribution in [2.45, 2.75) is 56.4 Å². The highest BCUT2D eigenvalue weighted by Gasteiger charge is 2.28. The third kappa shape index (κ3) is 3.93. The van der Waals surface area contributed by atoms with Crippen LogP contribution in [-0.2, 0) is 10.0 Å². The van der Waals surface area contributed by atoms with Gasteiger partial charge in [0.15, 0.2) is 0 Å². The molecule has 7 heteroatoms. The van der Waals surface area contributed by atoms with E-state index in [9.17, 15) is 8.42 Å². The number of pyridine rings is 1. The Morgan fingerprint density at radius 3 is 2.71 bits per heavy atom. The summed E-state index contributed by atoms with van der Waals surface area (Å²) in [6, 6.07) is 1.52. The van der Waals surface area contributed by atoms with E-state index in [1.54, 1.807) is 6.07 Å². The van der Waals surface area contributed by atoms with E-state index in [2.05, 4.69) is 15.1 Å². The number of sulfonamides is 1. The van der Waals surface area contributed by atoms with E-state index >= 15 is 0 Å². The third-order valence-corrected chi connectivity index (χ3v) is 5.71. The molecule has 0 amide bonds. The van der Waals surface area contributed by atoms with Crippen LogP contribution in [0.25, 0.3) is 0 Å². The van der Waals surface area contributed by atoms with Gasteiger partial charge in [-0.05, 0) is 31.2 Å². The largest absolute Gasteiger partial charge is 0.323 e. The minimum absolute atomic E-state index is 0.0267. The summed E-state index contributed by atoms with van der Waals surface area (Å²) in [5.74, 6) is 5.80. The molecule has 1 aliphatic rings. The van der Waals surface area contributed by atoms with Crippen molar-refractivity contribution in [2.75, 3.05) is 5.43 Å². The van der Waals surface area contributed by atoms with Crippen molar-refractivity contribution in [1.82, 2.24) is 9.71 Å². The lowest BCUT2D eigenvalue weighted by Crippen LogP contribution is -2.40. The molecule has 0 aromatic carbocycles. The maximum absolute atomic E-state index is 12.6. The van der Waals surface area contributed by atoms with E-state index in [0.29, 0.717) is 11.6 Å². The zero-order valence-corrected chi connectivity index (χ0v) is 13.2. The quantitative estimate of drug-likeness (QED) is 0.551. The Morgan fingerprint density at radius 1 is 1.38 bits per heavy atom. The van der Waals surface area contributed by atoms with Gasteiger partial charge in [-0.25, -0.2) is 13.1 Å². The molecule has 0 saturated heterocycles. The van der Waals surface area contributed by atoms with E-state index in [4.69, 9.17) is 5.84 Å². The molecular formula is C14H24N4O2S. The lowest BCUT2D eigenvalue weighted by atomic mass is 9.83. The minimum atomic E-state index is -3.62. The number of hydrazine groups is 1. The predicted molar refractivity (Wildman–Crippen MR) is 83.0 cm³/mol. The molecule has 1 saturated carbocycles. The van der Waals surface area contributed by atoms with E-state index < -0.39 is 10.0 Å².